The molecule has 0 spiro atoms. The van der Waals surface area contributed by atoms with Crippen LogP contribution in [0, 0.1) is 0 Å². The highest BCUT2D eigenvalue weighted by Crippen LogP contribution is 2.26. The van der Waals surface area contributed by atoms with Gasteiger partial charge in [0.1, 0.15) is 6.04 Å². The standard InChI is InChI=1S/C24H33N3O3S/c1-4-26(5-2)17-20-11-9-10-19(14-20)16-25-24(28)23-15-21-12-7-8-13-22(21)18-27(23)31(29,30)6-3/h7-14,23H,4-6,15-18H2,1-3H3,(H,25,28)/t23-/m1/s1. The summed E-state index contributed by atoms with van der Waals surface area (Å²) in [6.07, 6.45) is 0.392. The number of carbonyl (C=O) groups excluding carboxylic acids is 1. The van der Waals surface area contributed by atoms with Crippen molar-refractivity contribution in [1.29, 1.82) is 0 Å². The first kappa shape index (κ1) is 23.4. The number of rotatable bonds is 9. The van der Waals surface area contributed by atoms with Crippen molar-refractivity contribution in [2.75, 3.05) is 18.8 Å². The van der Waals surface area contributed by atoms with E-state index >= 15 is 0 Å². The van der Waals surface area contributed by atoms with Gasteiger partial charge in [0.2, 0.25) is 15.9 Å². The molecule has 31 heavy (non-hydrogen) atoms. The Labute approximate surface area is 186 Å². The molecule has 0 aromatic heterocycles. The van der Waals surface area contributed by atoms with Crippen LogP contribution in [0.1, 0.15) is 43.0 Å². The van der Waals surface area contributed by atoms with Crippen molar-refractivity contribution in [3.8, 4) is 0 Å². The SMILES string of the molecule is CCN(CC)Cc1cccc(CNC(=O)[C@H]2Cc3ccccc3CN2S(=O)(=O)CC)c1. The van der Waals surface area contributed by atoms with E-state index in [0.29, 0.717) is 13.0 Å². The topological polar surface area (TPSA) is 69.7 Å². The van der Waals surface area contributed by atoms with E-state index in [0.717, 1.165) is 36.3 Å². The highest BCUT2D eigenvalue weighted by Gasteiger charge is 2.37. The summed E-state index contributed by atoms with van der Waals surface area (Å²) in [5.41, 5.74) is 4.22. The van der Waals surface area contributed by atoms with Crippen LogP contribution in [0.5, 0.6) is 0 Å². The van der Waals surface area contributed by atoms with Crippen LogP contribution in [0.25, 0.3) is 0 Å². The van der Waals surface area contributed by atoms with Crippen molar-refractivity contribution in [2.45, 2.75) is 52.9 Å². The summed E-state index contributed by atoms with van der Waals surface area (Å²) in [6.45, 7) is 9.37. The highest BCUT2D eigenvalue weighted by molar-refractivity contribution is 7.89. The predicted molar refractivity (Wildman–Crippen MR) is 124 cm³/mol. The number of nitrogens with zero attached hydrogens (tertiary/aromatic N) is 2. The minimum Gasteiger partial charge on any atom is -0.351 e. The lowest BCUT2D eigenvalue weighted by atomic mass is 9.95. The highest BCUT2D eigenvalue weighted by atomic mass is 32.2. The van der Waals surface area contributed by atoms with Crippen LogP contribution in [0.4, 0.5) is 0 Å². The van der Waals surface area contributed by atoms with Crippen LogP contribution >= 0.6 is 0 Å². The van der Waals surface area contributed by atoms with E-state index < -0.39 is 16.1 Å². The molecule has 1 amide bonds. The smallest absolute Gasteiger partial charge is 0.239 e. The number of carbonyl (C=O) groups is 1. The minimum atomic E-state index is -3.50. The van der Waals surface area contributed by atoms with E-state index in [4.69, 9.17) is 0 Å². The summed E-state index contributed by atoms with van der Waals surface area (Å²) in [5, 5.41) is 2.98. The molecule has 0 radical (unpaired) electrons. The number of benzene rings is 2. The number of sulfonamides is 1. The van der Waals surface area contributed by atoms with Crippen LogP contribution < -0.4 is 5.32 Å². The van der Waals surface area contributed by atoms with Crippen molar-refractivity contribution in [3.05, 3.63) is 70.8 Å². The molecular weight excluding hydrogens is 410 g/mol. The van der Waals surface area contributed by atoms with Gasteiger partial charge in [0.25, 0.3) is 0 Å². The van der Waals surface area contributed by atoms with Gasteiger partial charge in [0.05, 0.1) is 5.75 Å². The number of nitrogens with one attached hydrogen (secondary N) is 1. The first-order valence-electron chi connectivity index (χ1n) is 11.0. The molecule has 7 heteroatoms. The second-order valence-electron chi connectivity index (χ2n) is 7.93. The quantitative estimate of drug-likeness (QED) is 0.647. The zero-order valence-electron chi connectivity index (χ0n) is 18.7. The average molecular weight is 444 g/mol. The largest absolute Gasteiger partial charge is 0.351 e. The summed E-state index contributed by atoms with van der Waals surface area (Å²) < 4.78 is 26.8. The first-order chi connectivity index (χ1) is 14.9. The van der Waals surface area contributed by atoms with E-state index in [1.165, 1.54) is 9.87 Å². The van der Waals surface area contributed by atoms with Gasteiger partial charge < -0.3 is 5.32 Å². The van der Waals surface area contributed by atoms with E-state index in [9.17, 15) is 13.2 Å². The molecule has 0 fully saturated rings. The Bertz CT molecular complexity index is 1000. The third-order valence-electron chi connectivity index (χ3n) is 5.99. The van der Waals surface area contributed by atoms with Crippen LogP contribution in [0.2, 0.25) is 0 Å². The van der Waals surface area contributed by atoms with E-state index in [-0.39, 0.29) is 18.2 Å². The van der Waals surface area contributed by atoms with Gasteiger partial charge in [0, 0.05) is 19.6 Å². The summed E-state index contributed by atoms with van der Waals surface area (Å²) in [5.74, 6) is -0.271. The Hall–Kier alpha value is -2.22. The second-order valence-corrected chi connectivity index (χ2v) is 10.1. The molecule has 2 aromatic carbocycles. The molecule has 0 saturated heterocycles. The van der Waals surface area contributed by atoms with Crippen molar-refractivity contribution < 1.29 is 13.2 Å². The van der Waals surface area contributed by atoms with Crippen molar-refractivity contribution in [2.24, 2.45) is 0 Å². The Morgan fingerprint density at radius 1 is 1.03 bits per heavy atom. The summed E-state index contributed by atoms with van der Waals surface area (Å²) in [6, 6.07) is 15.2. The first-order valence-corrected chi connectivity index (χ1v) is 12.6. The fraction of sp³-hybridized carbons (Fsp3) is 0.458. The van der Waals surface area contributed by atoms with E-state index in [1.54, 1.807) is 6.92 Å². The average Bonchev–Trinajstić information content (AvgIpc) is 2.80. The van der Waals surface area contributed by atoms with Gasteiger partial charge in [-0.05, 0) is 48.7 Å². The monoisotopic (exact) mass is 443 g/mol. The molecular formula is C24H33N3O3S. The van der Waals surface area contributed by atoms with Gasteiger partial charge in [-0.15, -0.1) is 0 Å². The normalized spacial score (nSPS) is 16.8. The van der Waals surface area contributed by atoms with Crippen molar-refractivity contribution in [1.82, 2.24) is 14.5 Å². The Morgan fingerprint density at radius 2 is 1.71 bits per heavy atom. The Morgan fingerprint density at radius 3 is 2.39 bits per heavy atom. The molecule has 0 saturated carbocycles. The third-order valence-corrected chi connectivity index (χ3v) is 7.82. The lowest BCUT2D eigenvalue weighted by Gasteiger charge is -2.34. The molecule has 1 atom stereocenters. The second kappa shape index (κ2) is 10.4. The van der Waals surface area contributed by atoms with Crippen LogP contribution in [0.15, 0.2) is 48.5 Å². The number of amides is 1. The maximum Gasteiger partial charge on any atom is 0.239 e. The number of fused-ring (bicyclic) bond motifs is 1. The predicted octanol–water partition coefficient (Wildman–Crippen LogP) is 2.92. The molecule has 0 bridgehead atoms. The molecule has 168 valence electrons. The van der Waals surface area contributed by atoms with Gasteiger partial charge in [-0.2, -0.15) is 4.31 Å². The van der Waals surface area contributed by atoms with Crippen LogP contribution in [-0.2, 0) is 40.9 Å². The zero-order valence-corrected chi connectivity index (χ0v) is 19.5. The van der Waals surface area contributed by atoms with Gasteiger partial charge in [0.15, 0.2) is 0 Å². The fourth-order valence-electron chi connectivity index (χ4n) is 4.03. The summed E-state index contributed by atoms with van der Waals surface area (Å²) in [7, 11) is -3.50. The van der Waals surface area contributed by atoms with Gasteiger partial charge in [-0.25, -0.2) is 8.42 Å². The Balaban J connectivity index is 1.73. The van der Waals surface area contributed by atoms with E-state index in [1.807, 2.05) is 36.4 Å². The lowest BCUT2D eigenvalue weighted by molar-refractivity contribution is -0.125. The number of hydrogen-bond donors (Lipinski definition) is 1. The minimum absolute atomic E-state index is 0.0215. The molecule has 6 nitrogen and oxygen atoms in total. The van der Waals surface area contributed by atoms with Crippen LogP contribution in [-0.4, -0.2) is 48.4 Å². The molecule has 1 N–H and O–H groups in total. The van der Waals surface area contributed by atoms with Gasteiger partial charge in [-0.1, -0.05) is 62.4 Å². The molecule has 3 rings (SSSR count). The number of hydrogen-bond acceptors (Lipinski definition) is 4. The summed E-state index contributed by atoms with van der Waals surface area (Å²) in [4.78, 5) is 15.4. The molecule has 1 aliphatic heterocycles. The lowest BCUT2D eigenvalue weighted by Crippen LogP contribution is -2.52. The fourth-order valence-corrected chi connectivity index (χ4v) is 5.26. The van der Waals surface area contributed by atoms with Crippen LogP contribution in [0.3, 0.4) is 0 Å². The molecule has 0 unspecified atom stereocenters. The molecule has 2 aromatic rings. The van der Waals surface area contributed by atoms with Crippen molar-refractivity contribution >= 4 is 15.9 Å². The molecule has 0 aliphatic carbocycles. The third kappa shape index (κ3) is 5.73. The van der Waals surface area contributed by atoms with Crippen molar-refractivity contribution in [3.63, 3.8) is 0 Å². The van der Waals surface area contributed by atoms with Gasteiger partial charge >= 0.3 is 0 Å². The van der Waals surface area contributed by atoms with Gasteiger partial charge in [-0.3, -0.25) is 9.69 Å². The zero-order chi connectivity index (χ0) is 22.4. The summed E-state index contributed by atoms with van der Waals surface area (Å²) >= 11 is 0. The maximum absolute atomic E-state index is 13.1. The van der Waals surface area contributed by atoms with E-state index in [2.05, 4.69) is 36.2 Å². The molecule has 1 aliphatic rings. The molecule has 1 heterocycles. The maximum atomic E-state index is 13.1. The Kier molecular flexibility index (Phi) is 7.86.